The lowest BCUT2D eigenvalue weighted by Crippen LogP contribution is -2.37. The minimum atomic E-state index is -3.77. The first-order valence-corrected chi connectivity index (χ1v) is 16.2. The second-order valence-corrected chi connectivity index (χ2v) is 13.2. The Hall–Kier alpha value is -4.80. The molecule has 4 aromatic rings. The molecule has 6 rings (SSSR count). The number of hydrogen-bond acceptors (Lipinski definition) is 7. The first kappa shape index (κ1) is 30.2. The molecule has 10 heteroatoms. The third kappa shape index (κ3) is 5.51. The normalized spacial score (nSPS) is 14.6. The maximum atomic E-state index is 13.8. The van der Waals surface area contributed by atoms with Crippen LogP contribution in [-0.4, -0.2) is 57.6 Å². The molecule has 1 amide bonds. The lowest BCUT2D eigenvalue weighted by atomic mass is 9.95. The monoisotopic (exact) mass is 623 g/mol. The van der Waals surface area contributed by atoms with E-state index < -0.39 is 27.9 Å². The molecule has 45 heavy (non-hydrogen) atoms. The number of sulfonamides is 1. The summed E-state index contributed by atoms with van der Waals surface area (Å²) in [6.07, 6.45) is 0.505. The highest BCUT2D eigenvalue weighted by Crippen LogP contribution is 2.39. The molecule has 1 aliphatic carbocycles. The number of ether oxygens (including phenoxy) is 1. The van der Waals surface area contributed by atoms with Gasteiger partial charge in [0.1, 0.15) is 0 Å². The molecule has 2 aliphatic rings. The van der Waals surface area contributed by atoms with Crippen molar-refractivity contribution in [1.82, 2.24) is 9.62 Å². The molecule has 230 valence electrons. The van der Waals surface area contributed by atoms with E-state index in [9.17, 15) is 22.8 Å². The second kappa shape index (κ2) is 11.9. The van der Waals surface area contributed by atoms with Crippen molar-refractivity contribution in [3.8, 4) is 11.1 Å². The highest BCUT2D eigenvalue weighted by molar-refractivity contribution is 7.89. The van der Waals surface area contributed by atoms with Crippen molar-refractivity contribution in [2.45, 2.75) is 30.8 Å². The minimum absolute atomic E-state index is 0.109. The standard InChI is InChI=1S/C35H33N3O6S/c1-4-44-35(41)32(36-34(40)30-11-7-10-29-31(30)27-8-5-6-9-28(27)33(29)39)23-13-12-22-18-19-38(21-24(22)20-23)45(42,43)26-16-14-25(15-17-26)37(2)3/h5-17,20,32H,4,18-19,21H2,1-3H3,(H,36,40). The maximum Gasteiger partial charge on any atom is 0.333 e. The van der Waals surface area contributed by atoms with E-state index in [1.807, 2.05) is 31.1 Å². The van der Waals surface area contributed by atoms with Crippen molar-refractivity contribution in [2.75, 3.05) is 32.1 Å². The largest absolute Gasteiger partial charge is 0.464 e. The predicted molar refractivity (Wildman–Crippen MR) is 171 cm³/mol. The van der Waals surface area contributed by atoms with Gasteiger partial charge < -0.3 is 15.0 Å². The van der Waals surface area contributed by atoms with Crippen LogP contribution < -0.4 is 10.2 Å². The zero-order chi connectivity index (χ0) is 31.9. The predicted octanol–water partition coefficient (Wildman–Crippen LogP) is 4.75. The molecular formula is C35H33N3O6S. The third-order valence-corrected chi connectivity index (χ3v) is 10.2. The van der Waals surface area contributed by atoms with E-state index in [2.05, 4.69) is 5.32 Å². The number of carbonyl (C=O) groups excluding carboxylic acids is 3. The summed E-state index contributed by atoms with van der Waals surface area (Å²) in [5.41, 5.74) is 5.51. The van der Waals surface area contributed by atoms with E-state index in [0.29, 0.717) is 40.8 Å². The fourth-order valence-corrected chi connectivity index (χ4v) is 7.40. The Morgan fingerprint density at radius 1 is 0.911 bits per heavy atom. The van der Waals surface area contributed by atoms with Gasteiger partial charge in [0.25, 0.3) is 5.91 Å². The van der Waals surface area contributed by atoms with Gasteiger partial charge in [-0.05, 0) is 65.9 Å². The van der Waals surface area contributed by atoms with Crippen molar-refractivity contribution >= 4 is 33.4 Å². The molecule has 9 nitrogen and oxygen atoms in total. The summed E-state index contributed by atoms with van der Waals surface area (Å²) >= 11 is 0. The molecule has 1 atom stereocenters. The number of benzene rings is 4. The number of rotatable bonds is 8. The number of fused-ring (bicyclic) bond motifs is 4. The zero-order valence-corrected chi connectivity index (χ0v) is 26.1. The van der Waals surface area contributed by atoms with Gasteiger partial charge in [0, 0.05) is 55.1 Å². The molecule has 1 heterocycles. The molecule has 0 aromatic heterocycles. The Labute approximate surface area is 262 Å². The summed E-state index contributed by atoms with van der Waals surface area (Å²) in [4.78, 5) is 42.2. The van der Waals surface area contributed by atoms with Crippen molar-refractivity contribution < 1.29 is 27.5 Å². The Kier molecular flexibility index (Phi) is 8.03. The summed E-state index contributed by atoms with van der Waals surface area (Å²) in [5, 5.41) is 2.84. The molecular weight excluding hydrogens is 590 g/mol. The maximum absolute atomic E-state index is 13.8. The first-order chi connectivity index (χ1) is 21.6. The molecule has 0 radical (unpaired) electrons. The first-order valence-electron chi connectivity index (χ1n) is 14.7. The molecule has 1 N–H and O–H groups in total. The number of anilines is 1. The van der Waals surface area contributed by atoms with Gasteiger partial charge in [-0.2, -0.15) is 4.31 Å². The number of esters is 1. The van der Waals surface area contributed by atoms with Gasteiger partial charge >= 0.3 is 5.97 Å². The molecule has 0 saturated heterocycles. The molecule has 0 spiro atoms. The summed E-state index contributed by atoms with van der Waals surface area (Å²) in [7, 11) is 0.0106. The third-order valence-electron chi connectivity index (χ3n) is 8.32. The minimum Gasteiger partial charge on any atom is -0.464 e. The van der Waals surface area contributed by atoms with Crippen molar-refractivity contribution in [3.63, 3.8) is 0 Å². The van der Waals surface area contributed by atoms with Gasteiger partial charge in [0.15, 0.2) is 11.8 Å². The fraction of sp³-hybridized carbons (Fsp3) is 0.229. The van der Waals surface area contributed by atoms with Crippen LogP contribution in [0.15, 0.2) is 89.8 Å². The van der Waals surface area contributed by atoms with Crippen molar-refractivity contribution in [2.24, 2.45) is 0 Å². The molecule has 1 aliphatic heterocycles. The van der Waals surface area contributed by atoms with E-state index in [1.165, 1.54) is 4.31 Å². The van der Waals surface area contributed by atoms with Gasteiger partial charge in [-0.15, -0.1) is 0 Å². The smallest absolute Gasteiger partial charge is 0.333 e. The average molecular weight is 624 g/mol. The van der Waals surface area contributed by atoms with Crippen LogP contribution in [0.1, 0.15) is 55.9 Å². The topological polar surface area (TPSA) is 113 Å². The Balaban J connectivity index is 1.30. The van der Waals surface area contributed by atoms with Gasteiger partial charge in [-0.25, -0.2) is 13.2 Å². The highest BCUT2D eigenvalue weighted by Gasteiger charge is 2.33. The molecule has 1 unspecified atom stereocenters. The Morgan fingerprint density at radius 3 is 2.33 bits per heavy atom. The van der Waals surface area contributed by atoms with Gasteiger partial charge in [0.2, 0.25) is 10.0 Å². The van der Waals surface area contributed by atoms with Crippen LogP contribution in [0.4, 0.5) is 5.69 Å². The lowest BCUT2D eigenvalue weighted by molar-refractivity contribution is -0.145. The lowest BCUT2D eigenvalue weighted by Gasteiger charge is -2.29. The second-order valence-electron chi connectivity index (χ2n) is 11.3. The summed E-state index contributed by atoms with van der Waals surface area (Å²) < 4.78 is 33.9. The number of nitrogens with zero attached hydrogens (tertiary/aromatic N) is 2. The number of hydrogen-bond donors (Lipinski definition) is 1. The quantitative estimate of drug-likeness (QED) is 0.248. The summed E-state index contributed by atoms with van der Waals surface area (Å²) in [6, 6.07) is 23.1. The Morgan fingerprint density at radius 2 is 1.62 bits per heavy atom. The molecule has 0 bridgehead atoms. The van der Waals surface area contributed by atoms with E-state index in [-0.39, 0.29) is 29.4 Å². The van der Waals surface area contributed by atoms with Crippen LogP contribution in [0.3, 0.4) is 0 Å². The van der Waals surface area contributed by atoms with Gasteiger partial charge in [-0.3, -0.25) is 9.59 Å². The highest BCUT2D eigenvalue weighted by atomic mass is 32.2. The Bertz CT molecular complexity index is 1940. The van der Waals surface area contributed by atoms with Crippen LogP contribution in [0.25, 0.3) is 11.1 Å². The van der Waals surface area contributed by atoms with Crippen LogP contribution in [-0.2, 0) is 32.5 Å². The molecule has 0 fully saturated rings. The fourth-order valence-electron chi connectivity index (χ4n) is 5.98. The molecule has 0 saturated carbocycles. The van der Waals surface area contributed by atoms with Crippen LogP contribution >= 0.6 is 0 Å². The van der Waals surface area contributed by atoms with Crippen LogP contribution in [0.2, 0.25) is 0 Å². The van der Waals surface area contributed by atoms with Crippen LogP contribution in [0.5, 0.6) is 0 Å². The van der Waals surface area contributed by atoms with Gasteiger partial charge in [-0.1, -0.05) is 54.6 Å². The zero-order valence-electron chi connectivity index (χ0n) is 25.2. The number of nitrogens with one attached hydrogen (secondary N) is 1. The van der Waals surface area contributed by atoms with Crippen molar-refractivity contribution in [3.05, 3.63) is 118 Å². The molecule has 4 aromatic carbocycles. The van der Waals surface area contributed by atoms with Gasteiger partial charge in [0.05, 0.1) is 11.5 Å². The summed E-state index contributed by atoms with van der Waals surface area (Å²) in [5.74, 6) is -1.33. The van der Waals surface area contributed by atoms with E-state index in [0.717, 1.165) is 16.8 Å². The number of carbonyl (C=O) groups is 3. The number of amides is 1. The van der Waals surface area contributed by atoms with E-state index in [1.54, 1.807) is 79.7 Å². The summed E-state index contributed by atoms with van der Waals surface area (Å²) in [6.45, 7) is 2.23. The van der Waals surface area contributed by atoms with E-state index in [4.69, 9.17) is 4.74 Å². The SMILES string of the molecule is CCOC(=O)C(NC(=O)c1cccc2c1-c1ccccc1C2=O)c1ccc2c(c1)CN(S(=O)(=O)c1ccc(N(C)C)cc1)CC2. The number of ketones is 1. The van der Waals surface area contributed by atoms with E-state index >= 15 is 0 Å². The average Bonchev–Trinajstić information content (AvgIpc) is 3.34. The van der Waals surface area contributed by atoms with Crippen molar-refractivity contribution in [1.29, 1.82) is 0 Å². The van der Waals surface area contributed by atoms with Crippen LogP contribution in [0, 0.1) is 0 Å².